The lowest BCUT2D eigenvalue weighted by Crippen LogP contribution is -2.45. The molecule has 1 N–H and O–H groups in total. The molecular weight excluding hydrogens is 159 g/mol. The van der Waals surface area contributed by atoms with Crippen LogP contribution in [0, 0.1) is 0 Å². The van der Waals surface area contributed by atoms with Crippen molar-refractivity contribution in [3.05, 3.63) is 0 Å². The van der Waals surface area contributed by atoms with Gasteiger partial charge >= 0.3 is 6.18 Å². The number of alkyl halides is 3. The summed E-state index contributed by atoms with van der Waals surface area (Å²) in [5.41, 5.74) is 0. The van der Waals surface area contributed by atoms with Crippen LogP contribution in [0.1, 0.15) is 13.8 Å². The summed E-state index contributed by atoms with van der Waals surface area (Å²) in [5.74, 6) is 0. The lowest BCUT2D eigenvalue weighted by Gasteiger charge is -2.26. The van der Waals surface area contributed by atoms with Gasteiger partial charge < -0.3 is 5.11 Å². The predicted octanol–water partition coefficient (Wildman–Crippen LogP) is 1.21. The molecule has 0 heterocycles. The zero-order chi connectivity index (χ0) is 9.07. The Morgan fingerprint density at radius 1 is 1.27 bits per heavy atom. The van der Waals surface area contributed by atoms with Gasteiger partial charge in [0.2, 0.25) is 6.23 Å². The zero-order valence-electron chi connectivity index (χ0n) is 6.52. The van der Waals surface area contributed by atoms with E-state index in [1.54, 1.807) is 13.8 Å². The number of rotatable bonds is 3. The minimum absolute atomic E-state index is 0.192. The van der Waals surface area contributed by atoms with Gasteiger partial charge in [-0.15, -0.1) is 0 Å². The molecule has 11 heavy (non-hydrogen) atoms. The molecule has 0 amide bonds. The summed E-state index contributed by atoms with van der Waals surface area (Å²) >= 11 is 0. The first kappa shape index (κ1) is 10.7. The van der Waals surface area contributed by atoms with Crippen LogP contribution in [0.3, 0.4) is 0 Å². The highest BCUT2D eigenvalue weighted by Gasteiger charge is 2.41. The van der Waals surface area contributed by atoms with Crippen LogP contribution in [-0.2, 0) is 0 Å². The lowest BCUT2D eigenvalue weighted by atomic mass is 10.4. The Morgan fingerprint density at radius 2 is 1.64 bits per heavy atom. The fraction of sp³-hybridized carbons (Fsp3) is 1.00. The third-order valence-corrected chi connectivity index (χ3v) is 1.45. The summed E-state index contributed by atoms with van der Waals surface area (Å²) in [5, 5.41) is 8.65. The molecule has 68 valence electrons. The Balaban J connectivity index is 4.09. The Hall–Kier alpha value is -0.290. The third-order valence-electron chi connectivity index (χ3n) is 1.45. The molecular formula is C6H12F3NO. The molecule has 1 atom stereocenters. The second kappa shape index (κ2) is 3.92. The number of halogens is 3. The van der Waals surface area contributed by atoms with Crippen LogP contribution < -0.4 is 0 Å². The van der Waals surface area contributed by atoms with Gasteiger partial charge in [0.25, 0.3) is 0 Å². The van der Waals surface area contributed by atoms with E-state index in [-0.39, 0.29) is 13.1 Å². The molecule has 0 aromatic rings. The van der Waals surface area contributed by atoms with Crippen LogP contribution in [0.25, 0.3) is 0 Å². The molecule has 0 aromatic heterocycles. The van der Waals surface area contributed by atoms with Crippen molar-refractivity contribution in [3.63, 3.8) is 0 Å². The largest absolute Gasteiger partial charge is 0.428 e. The Kier molecular flexibility index (Phi) is 3.82. The maximum absolute atomic E-state index is 11.8. The van der Waals surface area contributed by atoms with Gasteiger partial charge in [0.1, 0.15) is 0 Å². The van der Waals surface area contributed by atoms with E-state index in [0.29, 0.717) is 0 Å². The van der Waals surface area contributed by atoms with E-state index in [1.807, 2.05) is 0 Å². The molecule has 0 aliphatic heterocycles. The molecule has 0 aromatic carbocycles. The summed E-state index contributed by atoms with van der Waals surface area (Å²) in [6.07, 6.45) is -6.86. The fourth-order valence-corrected chi connectivity index (χ4v) is 0.776. The standard InChI is InChI=1S/C6H12F3NO/c1-3-10(4-2)5(11)6(7,8)9/h5,11H,3-4H2,1-2H3. The van der Waals surface area contributed by atoms with E-state index in [9.17, 15) is 13.2 Å². The maximum atomic E-state index is 11.8. The van der Waals surface area contributed by atoms with Crippen LogP contribution >= 0.6 is 0 Å². The first-order chi connectivity index (χ1) is 4.93. The van der Waals surface area contributed by atoms with Crippen molar-refractivity contribution >= 4 is 0 Å². The van der Waals surface area contributed by atoms with Gasteiger partial charge in [-0.25, -0.2) is 0 Å². The van der Waals surface area contributed by atoms with E-state index in [1.165, 1.54) is 0 Å². The predicted molar refractivity (Wildman–Crippen MR) is 35.0 cm³/mol. The van der Waals surface area contributed by atoms with Crippen LogP contribution in [0.5, 0.6) is 0 Å². The zero-order valence-corrected chi connectivity index (χ0v) is 6.52. The minimum atomic E-state index is -4.54. The first-order valence-corrected chi connectivity index (χ1v) is 3.42. The summed E-state index contributed by atoms with van der Waals surface area (Å²) in [6, 6.07) is 0. The molecule has 0 saturated heterocycles. The van der Waals surface area contributed by atoms with E-state index in [2.05, 4.69) is 0 Å². The molecule has 0 radical (unpaired) electrons. The van der Waals surface area contributed by atoms with Gasteiger partial charge in [-0.1, -0.05) is 13.8 Å². The quantitative estimate of drug-likeness (QED) is 0.645. The smallest absolute Gasteiger partial charge is 0.370 e. The second-order valence-corrected chi connectivity index (χ2v) is 2.14. The maximum Gasteiger partial charge on any atom is 0.428 e. The van der Waals surface area contributed by atoms with Gasteiger partial charge in [-0.05, 0) is 13.1 Å². The SMILES string of the molecule is CCN(CC)C(O)C(F)(F)F. The van der Waals surface area contributed by atoms with Crippen molar-refractivity contribution < 1.29 is 18.3 Å². The number of hydrogen-bond acceptors (Lipinski definition) is 2. The number of nitrogens with zero attached hydrogens (tertiary/aromatic N) is 1. The van der Waals surface area contributed by atoms with Crippen molar-refractivity contribution in [2.75, 3.05) is 13.1 Å². The van der Waals surface area contributed by atoms with Gasteiger partial charge in [0, 0.05) is 0 Å². The third kappa shape index (κ3) is 3.07. The number of aliphatic hydroxyl groups is 1. The van der Waals surface area contributed by atoms with Gasteiger partial charge in [-0.2, -0.15) is 13.2 Å². The fourth-order valence-electron chi connectivity index (χ4n) is 0.776. The molecule has 1 unspecified atom stereocenters. The molecule has 0 spiro atoms. The van der Waals surface area contributed by atoms with Crippen molar-refractivity contribution in [1.82, 2.24) is 4.90 Å². The van der Waals surface area contributed by atoms with Gasteiger partial charge in [0.15, 0.2) is 0 Å². The molecule has 0 fully saturated rings. The van der Waals surface area contributed by atoms with Crippen LogP contribution in [0.4, 0.5) is 13.2 Å². The molecule has 0 saturated carbocycles. The average Bonchev–Trinajstić information content (AvgIpc) is 1.88. The highest BCUT2D eigenvalue weighted by Crippen LogP contribution is 2.22. The van der Waals surface area contributed by atoms with E-state index < -0.39 is 12.4 Å². The molecule has 5 heteroatoms. The van der Waals surface area contributed by atoms with Crippen LogP contribution in [0.2, 0.25) is 0 Å². The Morgan fingerprint density at radius 3 is 1.73 bits per heavy atom. The first-order valence-electron chi connectivity index (χ1n) is 3.42. The van der Waals surface area contributed by atoms with Crippen molar-refractivity contribution in [2.45, 2.75) is 26.3 Å². The molecule has 0 aliphatic rings. The van der Waals surface area contributed by atoms with Gasteiger partial charge in [0.05, 0.1) is 0 Å². The Bertz CT molecular complexity index is 111. The lowest BCUT2D eigenvalue weighted by molar-refractivity contribution is -0.248. The van der Waals surface area contributed by atoms with Crippen molar-refractivity contribution in [3.8, 4) is 0 Å². The summed E-state index contributed by atoms with van der Waals surface area (Å²) in [7, 11) is 0. The Labute approximate surface area is 63.6 Å². The highest BCUT2D eigenvalue weighted by molar-refractivity contribution is 4.65. The summed E-state index contributed by atoms with van der Waals surface area (Å²) in [6.45, 7) is 3.52. The van der Waals surface area contributed by atoms with Crippen LogP contribution in [-0.4, -0.2) is 35.5 Å². The average molecular weight is 171 g/mol. The van der Waals surface area contributed by atoms with Crippen LogP contribution in [0.15, 0.2) is 0 Å². The second-order valence-electron chi connectivity index (χ2n) is 2.14. The monoisotopic (exact) mass is 171 g/mol. The van der Waals surface area contributed by atoms with E-state index >= 15 is 0 Å². The molecule has 0 aliphatic carbocycles. The number of hydrogen-bond donors (Lipinski definition) is 1. The van der Waals surface area contributed by atoms with Crippen molar-refractivity contribution in [2.24, 2.45) is 0 Å². The summed E-state index contributed by atoms with van der Waals surface area (Å²) < 4.78 is 35.3. The van der Waals surface area contributed by atoms with E-state index in [4.69, 9.17) is 5.11 Å². The van der Waals surface area contributed by atoms with E-state index in [0.717, 1.165) is 4.90 Å². The minimum Gasteiger partial charge on any atom is -0.370 e. The molecule has 2 nitrogen and oxygen atoms in total. The molecule has 0 rings (SSSR count). The van der Waals surface area contributed by atoms with Crippen molar-refractivity contribution in [1.29, 1.82) is 0 Å². The molecule has 0 bridgehead atoms. The summed E-state index contributed by atoms with van der Waals surface area (Å²) in [4.78, 5) is 0.931. The normalized spacial score (nSPS) is 15.5. The van der Waals surface area contributed by atoms with Gasteiger partial charge in [-0.3, -0.25) is 4.90 Å². The number of aliphatic hydroxyl groups excluding tert-OH is 1. The topological polar surface area (TPSA) is 23.5 Å². The highest BCUT2D eigenvalue weighted by atomic mass is 19.4.